The summed E-state index contributed by atoms with van der Waals surface area (Å²) in [5.74, 6) is -1.67. The van der Waals surface area contributed by atoms with Gasteiger partial charge in [-0.3, -0.25) is 0 Å². The number of ether oxygens (including phenoxy) is 6. The average molecular weight is 599 g/mol. The van der Waals surface area contributed by atoms with E-state index in [0.29, 0.717) is 5.56 Å². The van der Waals surface area contributed by atoms with Crippen LogP contribution in [0.1, 0.15) is 15.9 Å². The third-order valence-electron chi connectivity index (χ3n) is 7.00. The van der Waals surface area contributed by atoms with E-state index in [-0.39, 0.29) is 41.6 Å². The van der Waals surface area contributed by atoms with E-state index in [4.69, 9.17) is 28.4 Å². The minimum atomic E-state index is -2.12. The van der Waals surface area contributed by atoms with Gasteiger partial charge in [0.25, 0.3) is 0 Å². The number of carbonyl (C=O) groups is 1. The van der Waals surface area contributed by atoms with Crippen LogP contribution in [-0.4, -0.2) is 129 Å². The lowest BCUT2D eigenvalue weighted by Gasteiger charge is -2.42. The van der Waals surface area contributed by atoms with Crippen molar-refractivity contribution < 1.29 is 74.1 Å². The minimum Gasteiger partial charge on any atom is -0.504 e. The highest BCUT2D eigenvalue weighted by Gasteiger charge is 2.54. The maximum absolute atomic E-state index is 12.5. The van der Waals surface area contributed by atoms with Gasteiger partial charge in [0, 0.05) is 0 Å². The highest BCUT2D eigenvalue weighted by molar-refractivity contribution is 5.90. The molecule has 0 aliphatic carbocycles. The SMILES string of the molecule is COc1cc(C(=O)OC[C@]2(O)CO[C@@H](O[C@@H]3[C@@H](OCCc4ccc(O)c(O)c4)O[C@@H](CO)[C@H](O)[C@H]3O)[C@H]2O)ccc1O. The number of rotatable bonds is 11. The monoisotopic (exact) mass is 598 g/mol. The summed E-state index contributed by atoms with van der Waals surface area (Å²) in [6.07, 6.45) is -10.5. The van der Waals surface area contributed by atoms with Gasteiger partial charge in [0.1, 0.15) is 37.1 Å². The van der Waals surface area contributed by atoms with Gasteiger partial charge in [-0.2, -0.15) is 0 Å². The fraction of sp³-hybridized carbons (Fsp3) is 0.519. The molecule has 15 heteroatoms. The maximum Gasteiger partial charge on any atom is 0.338 e. The quantitative estimate of drug-likeness (QED) is 0.109. The highest BCUT2D eigenvalue weighted by atomic mass is 16.8. The molecule has 4 rings (SSSR count). The van der Waals surface area contributed by atoms with Gasteiger partial charge < -0.3 is 69.3 Å². The summed E-state index contributed by atoms with van der Waals surface area (Å²) in [5.41, 5.74) is -1.52. The van der Waals surface area contributed by atoms with Crippen LogP contribution in [0.4, 0.5) is 0 Å². The van der Waals surface area contributed by atoms with E-state index in [1.54, 1.807) is 6.07 Å². The molecule has 0 saturated carbocycles. The van der Waals surface area contributed by atoms with Gasteiger partial charge in [0.15, 0.2) is 41.2 Å². The van der Waals surface area contributed by atoms with E-state index in [2.05, 4.69) is 0 Å². The molecule has 0 radical (unpaired) electrons. The number of hydrogen-bond acceptors (Lipinski definition) is 15. The van der Waals surface area contributed by atoms with Gasteiger partial charge in [-0.05, 0) is 42.3 Å². The minimum absolute atomic E-state index is 0.00636. The molecule has 0 bridgehead atoms. The molecular formula is C27H34O15. The zero-order valence-corrected chi connectivity index (χ0v) is 22.5. The standard InChI is InChI=1S/C27H34O15/c1-37-18-9-14(3-5-16(18)30)24(35)39-11-27(36)12-40-26(23(27)34)42-22-21(33)20(32)19(10-28)41-25(22)38-7-6-13-2-4-15(29)17(31)8-13/h2-5,8-9,19-23,25-26,28-34,36H,6-7,10-12H2,1H3/t19-,20-,21+,22-,23+,25-,26-,27-/m0/s1. The Morgan fingerprint density at radius 1 is 1.00 bits per heavy atom. The largest absolute Gasteiger partial charge is 0.504 e. The third-order valence-corrected chi connectivity index (χ3v) is 7.00. The first-order valence-electron chi connectivity index (χ1n) is 12.9. The number of aliphatic hydroxyl groups is 5. The Morgan fingerprint density at radius 3 is 2.43 bits per heavy atom. The molecule has 232 valence electrons. The summed E-state index contributed by atoms with van der Waals surface area (Å²) in [4.78, 5) is 12.5. The molecule has 2 aromatic carbocycles. The average Bonchev–Trinajstić information content (AvgIpc) is 3.26. The van der Waals surface area contributed by atoms with Gasteiger partial charge in [-0.25, -0.2) is 4.79 Å². The Bertz CT molecular complexity index is 1220. The number of esters is 1. The summed E-state index contributed by atoms with van der Waals surface area (Å²) >= 11 is 0. The van der Waals surface area contributed by atoms with Crippen LogP contribution < -0.4 is 4.74 Å². The van der Waals surface area contributed by atoms with Crippen molar-refractivity contribution in [1.82, 2.24) is 0 Å². The summed E-state index contributed by atoms with van der Waals surface area (Å²) in [5, 5.41) is 81.3. The zero-order valence-electron chi connectivity index (χ0n) is 22.5. The first-order chi connectivity index (χ1) is 20.0. The number of aliphatic hydroxyl groups excluding tert-OH is 4. The Morgan fingerprint density at radius 2 is 1.74 bits per heavy atom. The van der Waals surface area contributed by atoms with E-state index >= 15 is 0 Å². The van der Waals surface area contributed by atoms with Gasteiger partial charge in [-0.15, -0.1) is 0 Å². The summed E-state index contributed by atoms with van der Waals surface area (Å²) in [6, 6.07) is 7.92. The van der Waals surface area contributed by atoms with Crippen LogP contribution in [0, 0.1) is 0 Å². The van der Waals surface area contributed by atoms with Gasteiger partial charge in [0.05, 0.1) is 32.5 Å². The van der Waals surface area contributed by atoms with Crippen molar-refractivity contribution >= 4 is 5.97 Å². The Hall–Kier alpha value is -3.25. The van der Waals surface area contributed by atoms with Crippen LogP contribution in [0.3, 0.4) is 0 Å². The Labute approximate surface area is 239 Å². The molecule has 0 amide bonds. The number of phenols is 3. The summed E-state index contributed by atoms with van der Waals surface area (Å²) < 4.78 is 32.4. The molecule has 0 spiro atoms. The lowest BCUT2D eigenvalue weighted by molar-refractivity contribution is -0.335. The molecule has 2 saturated heterocycles. The summed E-state index contributed by atoms with van der Waals surface area (Å²) in [7, 11) is 1.30. The van der Waals surface area contributed by atoms with Crippen molar-refractivity contribution in [1.29, 1.82) is 0 Å². The highest BCUT2D eigenvalue weighted by Crippen LogP contribution is 2.33. The van der Waals surface area contributed by atoms with Gasteiger partial charge >= 0.3 is 5.97 Å². The van der Waals surface area contributed by atoms with Crippen LogP contribution >= 0.6 is 0 Å². The number of phenolic OH excluding ortho intramolecular Hbond substituents is 3. The van der Waals surface area contributed by atoms with Crippen molar-refractivity contribution in [2.24, 2.45) is 0 Å². The topological polar surface area (TPSA) is 234 Å². The zero-order chi connectivity index (χ0) is 30.6. The van der Waals surface area contributed by atoms with Gasteiger partial charge in [0.2, 0.25) is 0 Å². The second-order valence-corrected chi connectivity index (χ2v) is 9.94. The molecule has 0 aromatic heterocycles. The smallest absolute Gasteiger partial charge is 0.338 e. The molecule has 2 heterocycles. The van der Waals surface area contributed by atoms with Crippen molar-refractivity contribution in [3.63, 3.8) is 0 Å². The second-order valence-electron chi connectivity index (χ2n) is 9.94. The lowest BCUT2D eigenvalue weighted by atomic mass is 9.98. The molecule has 15 nitrogen and oxygen atoms in total. The van der Waals surface area contributed by atoms with Crippen LogP contribution in [0.25, 0.3) is 0 Å². The van der Waals surface area contributed by atoms with Crippen molar-refractivity contribution in [2.45, 2.75) is 55.1 Å². The number of carbonyl (C=O) groups excluding carboxylic acids is 1. The molecule has 2 aromatic rings. The Kier molecular flexibility index (Phi) is 10.1. The maximum atomic E-state index is 12.5. The van der Waals surface area contributed by atoms with Gasteiger partial charge in [-0.1, -0.05) is 6.07 Å². The van der Waals surface area contributed by atoms with Crippen LogP contribution in [0.15, 0.2) is 36.4 Å². The summed E-state index contributed by atoms with van der Waals surface area (Å²) in [6.45, 7) is -1.95. The molecule has 2 aliphatic rings. The number of benzene rings is 2. The lowest BCUT2D eigenvalue weighted by Crippen LogP contribution is -2.61. The molecule has 0 unspecified atom stereocenters. The molecule has 2 fully saturated rings. The molecule has 8 N–H and O–H groups in total. The second kappa shape index (κ2) is 13.4. The predicted octanol–water partition coefficient (Wildman–Crippen LogP) is -1.50. The number of aromatic hydroxyl groups is 3. The van der Waals surface area contributed by atoms with Crippen LogP contribution in [-0.2, 0) is 30.1 Å². The molecular weight excluding hydrogens is 564 g/mol. The van der Waals surface area contributed by atoms with Crippen molar-refractivity contribution in [2.75, 3.05) is 33.5 Å². The molecule has 8 atom stereocenters. The predicted molar refractivity (Wildman–Crippen MR) is 138 cm³/mol. The normalized spacial score (nSPS) is 31.1. The molecule has 2 aliphatic heterocycles. The van der Waals surface area contributed by atoms with E-state index in [9.17, 15) is 45.6 Å². The third kappa shape index (κ3) is 6.86. The van der Waals surface area contributed by atoms with Crippen molar-refractivity contribution in [3.8, 4) is 23.0 Å². The Balaban J connectivity index is 1.39. The van der Waals surface area contributed by atoms with Crippen molar-refractivity contribution in [3.05, 3.63) is 47.5 Å². The first kappa shape index (κ1) is 31.7. The number of hydrogen-bond donors (Lipinski definition) is 8. The van der Waals surface area contributed by atoms with Crippen LogP contribution in [0.5, 0.6) is 23.0 Å². The van der Waals surface area contributed by atoms with E-state index in [1.165, 1.54) is 37.4 Å². The fourth-order valence-electron chi connectivity index (χ4n) is 4.48. The molecule has 42 heavy (non-hydrogen) atoms. The first-order valence-corrected chi connectivity index (χ1v) is 12.9. The van der Waals surface area contributed by atoms with E-state index < -0.39 is 74.5 Å². The van der Waals surface area contributed by atoms with Crippen LogP contribution in [0.2, 0.25) is 0 Å². The van der Waals surface area contributed by atoms with E-state index in [0.717, 1.165) is 0 Å². The fourth-order valence-corrected chi connectivity index (χ4v) is 4.48. The number of methoxy groups -OCH3 is 1. The van der Waals surface area contributed by atoms with E-state index in [1.807, 2.05) is 0 Å².